The number of anilines is 1. The molecule has 3 amide bonds. The summed E-state index contributed by atoms with van der Waals surface area (Å²) in [4.78, 5) is 39.3. The van der Waals surface area contributed by atoms with Crippen LogP contribution in [0.2, 0.25) is 0 Å². The standard InChI is InChI=1S/C17H21N3O4/c21-15(22)10-14-16(23)19(11-12-6-7-12)8-9-20(14)17(24)18-13-4-2-1-3-5-13/h1-5,12,14H,6-11H2,(H,18,24)(H,21,22). The lowest BCUT2D eigenvalue weighted by atomic mass is 10.1. The van der Waals surface area contributed by atoms with Crippen LogP contribution in [0.3, 0.4) is 0 Å². The maximum atomic E-state index is 12.6. The van der Waals surface area contributed by atoms with Crippen molar-refractivity contribution in [1.29, 1.82) is 0 Å². The highest BCUT2D eigenvalue weighted by Crippen LogP contribution is 2.31. The monoisotopic (exact) mass is 331 g/mol. The van der Waals surface area contributed by atoms with Crippen LogP contribution in [0.25, 0.3) is 0 Å². The molecule has 1 aromatic carbocycles. The number of rotatable bonds is 5. The zero-order valence-electron chi connectivity index (χ0n) is 13.4. The average molecular weight is 331 g/mol. The van der Waals surface area contributed by atoms with Crippen molar-refractivity contribution >= 4 is 23.6 Å². The Labute approximate surface area is 140 Å². The zero-order valence-corrected chi connectivity index (χ0v) is 13.4. The number of hydrogen-bond acceptors (Lipinski definition) is 3. The molecule has 2 aliphatic rings. The van der Waals surface area contributed by atoms with E-state index in [1.165, 1.54) is 4.90 Å². The van der Waals surface area contributed by atoms with E-state index in [2.05, 4.69) is 5.32 Å². The van der Waals surface area contributed by atoms with Crippen LogP contribution < -0.4 is 5.32 Å². The van der Waals surface area contributed by atoms with E-state index in [9.17, 15) is 14.4 Å². The molecule has 24 heavy (non-hydrogen) atoms. The molecule has 2 N–H and O–H groups in total. The van der Waals surface area contributed by atoms with Gasteiger partial charge in [0.05, 0.1) is 6.42 Å². The van der Waals surface area contributed by atoms with E-state index in [0.29, 0.717) is 31.2 Å². The molecule has 0 bridgehead atoms. The first-order valence-corrected chi connectivity index (χ1v) is 8.18. The highest BCUT2D eigenvalue weighted by atomic mass is 16.4. The number of amides is 3. The fourth-order valence-corrected chi connectivity index (χ4v) is 2.95. The van der Waals surface area contributed by atoms with Gasteiger partial charge in [0.25, 0.3) is 0 Å². The van der Waals surface area contributed by atoms with E-state index in [1.807, 2.05) is 6.07 Å². The molecule has 1 saturated carbocycles. The second-order valence-electron chi connectivity index (χ2n) is 6.33. The molecule has 1 aliphatic heterocycles. The van der Waals surface area contributed by atoms with E-state index in [0.717, 1.165) is 12.8 Å². The predicted molar refractivity (Wildman–Crippen MR) is 87.5 cm³/mol. The van der Waals surface area contributed by atoms with Gasteiger partial charge in [-0.15, -0.1) is 0 Å². The molecule has 1 aromatic rings. The SMILES string of the molecule is O=C(O)CC1C(=O)N(CC2CC2)CCN1C(=O)Nc1ccccc1. The number of hydrogen-bond donors (Lipinski definition) is 2. The topological polar surface area (TPSA) is 90.0 Å². The summed E-state index contributed by atoms with van der Waals surface area (Å²) in [5.41, 5.74) is 0.615. The van der Waals surface area contributed by atoms with Crippen molar-refractivity contribution in [3.63, 3.8) is 0 Å². The van der Waals surface area contributed by atoms with Gasteiger partial charge in [0.15, 0.2) is 0 Å². The van der Waals surface area contributed by atoms with Crippen LogP contribution in [0.4, 0.5) is 10.5 Å². The molecular weight excluding hydrogens is 310 g/mol. The number of carbonyl (C=O) groups excluding carboxylic acids is 2. The lowest BCUT2D eigenvalue weighted by Crippen LogP contribution is -2.60. The molecule has 1 saturated heterocycles. The Hall–Kier alpha value is -2.57. The lowest BCUT2D eigenvalue weighted by Gasteiger charge is -2.40. The van der Waals surface area contributed by atoms with Gasteiger partial charge < -0.3 is 20.2 Å². The molecule has 7 nitrogen and oxygen atoms in total. The summed E-state index contributed by atoms with van der Waals surface area (Å²) in [5.74, 6) is -0.818. The number of piperazine rings is 1. The molecule has 128 valence electrons. The van der Waals surface area contributed by atoms with E-state index in [1.54, 1.807) is 29.2 Å². The number of para-hydroxylation sites is 1. The molecular formula is C17H21N3O4. The van der Waals surface area contributed by atoms with Gasteiger partial charge in [0.2, 0.25) is 5.91 Å². The highest BCUT2D eigenvalue weighted by Gasteiger charge is 2.40. The molecule has 1 heterocycles. The zero-order chi connectivity index (χ0) is 17.1. The highest BCUT2D eigenvalue weighted by molar-refractivity contribution is 5.96. The third kappa shape index (κ3) is 3.84. The number of nitrogens with zero attached hydrogens (tertiary/aromatic N) is 2. The molecule has 1 aliphatic carbocycles. The van der Waals surface area contributed by atoms with Crippen LogP contribution >= 0.6 is 0 Å². The second kappa shape index (κ2) is 6.90. The Morgan fingerprint density at radius 3 is 2.50 bits per heavy atom. The maximum absolute atomic E-state index is 12.6. The Bertz CT molecular complexity index is 630. The van der Waals surface area contributed by atoms with Gasteiger partial charge in [0.1, 0.15) is 6.04 Å². The number of carboxylic acid groups (broad SMARTS) is 1. The van der Waals surface area contributed by atoms with Crippen LogP contribution in [0.15, 0.2) is 30.3 Å². The average Bonchev–Trinajstić information content (AvgIpc) is 3.36. The van der Waals surface area contributed by atoms with Gasteiger partial charge in [-0.1, -0.05) is 18.2 Å². The van der Waals surface area contributed by atoms with Crippen molar-refractivity contribution in [1.82, 2.24) is 9.80 Å². The van der Waals surface area contributed by atoms with Crippen LogP contribution in [-0.2, 0) is 9.59 Å². The quantitative estimate of drug-likeness (QED) is 0.858. The van der Waals surface area contributed by atoms with Crippen molar-refractivity contribution in [3.05, 3.63) is 30.3 Å². The maximum Gasteiger partial charge on any atom is 0.322 e. The first kappa shape index (κ1) is 16.3. The number of aliphatic carboxylic acids is 1. The Kier molecular flexibility index (Phi) is 4.69. The summed E-state index contributed by atoms with van der Waals surface area (Å²) in [5, 5.41) is 11.9. The van der Waals surface area contributed by atoms with Gasteiger partial charge >= 0.3 is 12.0 Å². The fraction of sp³-hybridized carbons (Fsp3) is 0.471. The molecule has 1 atom stereocenters. The first-order chi connectivity index (χ1) is 11.5. The van der Waals surface area contributed by atoms with E-state index >= 15 is 0 Å². The lowest BCUT2D eigenvalue weighted by molar-refractivity contribution is -0.147. The van der Waals surface area contributed by atoms with Crippen molar-refractivity contribution < 1.29 is 19.5 Å². The van der Waals surface area contributed by atoms with Gasteiger partial charge in [-0.25, -0.2) is 4.79 Å². The normalized spacial score (nSPS) is 20.8. The third-order valence-electron chi connectivity index (χ3n) is 4.41. The largest absolute Gasteiger partial charge is 0.481 e. The van der Waals surface area contributed by atoms with Crippen LogP contribution in [0.1, 0.15) is 19.3 Å². The molecule has 0 aromatic heterocycles. The summed E-state index contributed by atoms with van der Waals surface area (Å²) >= 11 is 0. The van der Waals surface area contributed by atoms with Crippen molar-refractivity contribution in [3.8, 4) is 0 Å². The number of carbonyl (C=O) groups is 3. The minimum absolute atomic E-state index is 0.265. The minimum Gasteiger partial charge on any atom is -0.481 e. The molecule has 2 fully saturated rings. The first-order valence-electron chi connectivity index (χ1n) is 8.18. The van der Waals surface area contributed by atoms with Gasteiger partial charge in [-0.2, -0.15) is 0 Å². The van der Waals surface area contributed by atoms with Crippen LogP contribution in [0, 0.1) is 5.92 Å². The van der Waals surface area contributed by atoms with Gasteiger partial charge in [-0.05, 0) is 30.9 Å². The second-order valence-corrected chi connectivity index (χ2v) is 6.33. The van der Waals surface area contributed by atoms with Crippen molar-refractivity contribution in [2.24, 2.45) is 5.92 Å². The molecule has 3 rings (SSSR count). The number of urea groups is 1. The van der Waals surface area contributed by atoms with E-state index < -0.39 is 18.0 Å². The van der Waals surface area contributed by atoms with E-state index in [-0.39, 0.29) is 12.3 Å². The van der Waals surface area contributed by atoms with Crippen LogP contribution in [0.5, 0.6) is 0 Å². The number of benzene rings is 1. The summed E-state index contributed by atoms with van der Waals surface area (Å²) < 4.78 is 0. The van der Waals surface area contributed by atoms with Gasteiger partial charge in [-0.3, -0.25) is 9.59 Å². The van der Waals surface area contributed by atoms with Crippen molar-refractivity contribution in [2.75, 3.05) is 25.0 Å². The van der Waals surface area contributed by atoms with Crippen molar-refractivity contribution in [2.45, 2.75) is 25.3 Å². The fourth-order valence-electron chi connectivity index (χ4n) is 2.95. The predicted octanol–water partition coefficient (Wildman–Crippen LogP) is 1.62. The number of carboxylic acids is 1. The summed E-state index contributed by atoms with van der Waals surface area (Å²) in [6.07, 6.45) is 1.86. The molecule has 0 spiro atoms. The van der Waals surface area contributed by atoms with Crippen LogP contribution in [-0.4, -0.2) is 58.5 Å². The number of nitrogens with one attached hydrogen (secondary N) is 1. The minimum atomic E-state index is -1.08. The third-order valence-corrected chi connectivity index (χ3v) is 4.41. The Morgan fingerprint density at radius 1 is 1.17 bits per heavy atom. The molecule has 7 heteroatoms. The Balaban J connectivity index is 1.71. The summed E-state index contributed by atoms with van der Waals surface area (Å²) in [7, 11) is 0. The molecule has 1 unspecified atom stereocenters. The summed E-state index contributed by atoms with van der Waals surface area (Å²) in [6, 6.07) is 7.53. The smallest absolute Gasteiger partial charge is 0.322 e. The summed E-state index contributed by atoms with van der Waals surface area (Å²) in [6.45, 7) is 1.46. The van der Waals surface area contributed by atoms with E-state index in [4.69, 9.17) is 5.11 Å². The Morgan fingerprint density at radius 2 is 1.88 bits per heavy atom. The molecule has 0 radical (unpaired) electrons. The van der Waals surface area contributed by atoms with Gasteiger partial charge in [0, 0.05) is 25.3 Å².